The van der Waals surface area contributed by atoms with E-state index in [1.54, 1.807) is 4.90 Å². The number of hydrogen-bond donors (Lipinski definition) is 4. The maximum absolute atomic E-state index is 9.67. The topological polar surface area (TPSA) is 84.2 Å². The lowest BCUT2D eigenvalue weighted by molar-refractivity contribution is 0.0130. The quantitative estimate of drug-likeness (QED) is 0.454. The molecule has 5 heteroatoms. The van der Waals surface area contributed by atoms with Gasteiger partial charge in [0.05, 0.1) is 37.5 Å². The summed E-state index contributed by atoms with van der Waals surface area (Å²) < 4.78 is 0. The average Bonchev–Trinajstić information content (AvgIpc) is 2.48. The molecule has 0 aromatic heterocycles. The molecular weight excluding hydrogens is 198 g/mol. The van der Waals surface area contributed by atoms with E-state index in [1.807, 2.05) is 6.92 Å². The molecule has 1 saturated heterocycles. The van der Waals surface area contributed by atoms with Gasteiger partial charge >= 0.3 is 0 Å². The first-order valence-corrected chi connectivity index (χ1v) is 5.51. The highest BCUT2D eigenvalue weighted by Crippen LogP contribution is 2.25. The van der Waals surface area contributed by atoms with Crippen molar-refractivity contribution >= 4 is 0 Å². The molecule has 0 amide bonds. The van der Waals surface area contributed by atoms with E-state index in [1.165, 1.54) is 0 Å². The third-order valence-corrected chi connectivity index (χ3v) is 3.13. The molecule has 1 heterocycles. The number of rotatable bonds is 5. The fourth-order valence-corrected chi connectivity index (χ4v) is 2.19. The average molecular weight is 219 g/mol. The summed E-state index contributed by atoms with van der Waals surface area (Å²) in [5.74, 6) is 0. The van der Waals surface area contributed by atoms with Gasteiger partial charge in [-0.1, -0.05) is 13.3 Å². The molecule has 1 aliphatic rings. The molecule has 0 aliphatic carbocycles. The number of likely N-dealkylation sites (tertiary alicyclic amines) is 1. The molecule has 1 aliphatic heterocycles. The highest BCUT2D eigenvalue weighted by Gasteiger charge is 2.46. The Morgan fingerprint density at radius 3 is 1.80 bits per heavy atom. The molecule has 5 nitrogen and oxygen atoms in total. The number of hydrogen-bond acceptors (Lipinski definition) is 5. The highest BCUT2D eigenvalue weighted by molar-refractivity contribution is 5.00. The monoisotopic (exact) mass is 219 g/mol. The number of aliphatic hydroxyl groups is 4. The molecule has 0 bridgehead atoms. The summed E-state index contributed by atoms with van der Waals surface area (Å²) in [6.45, 7) is 2.34. The molecule has 1 fully saturated rings. The second kappa shape index (κ2) is 5.77. The largest absolute Gasteiger partial charge is 0.395 e. The van der Waals surface area contributed by atoms with Crippen LogP contribution in [0.1, 0.15) is 19.8 Å². The molecule has 0 radical (unpaired) electrons. The predicted octanol–water partition coefficient (Wildman–Crippen LogP) is -1.45. The van der Waals surface area contributed by atoms with Crippen LogP contribution in [-0.4, -0.2) is 69.4 Å². The van der Waals surface area contributed by atoms with Crippen molar-refractivity contribution in [2.24, 2.45) is 0 Å². The highest BCUT2D eigenvalue weighted by atomic mass is 16.3. The van der Waals surface area contributed by atoms with Crippen LogP contribution in [0.5, 0.6) is 0 Å². The Labute approximate surface area is 90.0 Å². The third kappa shape index (κ3) is 2.49. The molecule has 90 valence electrons. The van der Waals surface area contributed by atoms with Gasteiger partial charge in [-0.3, -0.25) is 4.90 Å². The van der Waals surface area contributed by atoms with Crippen molar-refractivity contribution < 1.29 is 20.4 Å². The summed E-state index contributed by atoms with van der Waals surface area (Å²) >= 11 is 0. The van der Waals surface area contributed by atoms with Crippen LogP contribution in [0, 0.1) is 0 Å². The van der Waals surface area contributed by atoms with Crippen LogP contribution in [0.25, 0.3) is 0 Å². The summed E-state index contributed by atoms with van der Waals surface area (Å²) in [5, 5.41) is 37.6. The zero-order valence-electron chi connectivity index (χ0n) is 9.08. The van der Waals surface area contributed by atoms with Crippen molar-refractivity contribution in [3.8, 4) is 0 Å². The zero-order valence-corrected chi connectivity index (χ0v) is 9.08. The predicted molar refractivity (Wildman–Crippen MR) is 55.4 cm³/mol. The van der Waals surface area contributed by atoms with Gasteiger partial charge in [0.15, 0.2) is 0 Å². The molecule has 15 heavy (non-hydrogen) atoms. The first-order chi connectivity index (χ1) is 7.17. The number of unbranched alkanes of at least 4 members (excludes halogenated alkanes) is 1. The standard InChI is InChI=1S/C10H21NO4/c1-2-3-4-11-7(5-12)9(14)10(15)8(11)6-13/h7-10,12-15H,2-6H2,1H3/t7-,8+,9-,10-/m1/s1. The molecular formula is C10H21NO4. The van der Waals surface area contributed by atoms with Crippen molar-refractivity contribution in [1.29, 1.82) is 0 Å². The van der Waals surface area contributed by atoms with E-state index in [0.717, 1.165) is 12.8 Å². The van der Waals surface area contributed by atoms with Crippen molar-refractivity contribution in [3.63, 3.8) is 0 Å². The molecule has 0 aromatic rings. The second-order valence-corrected chi connectivity index (χ2v) is 4.07. The normalized spacial score (nSPS) is 37.4. The fourth-order valence-electron chi connectivity index (χ4n) is 2.19. The van der Waals surface area contributed by atoms with E-state index in [9.17, 15) is 10.2 Å². The Morgan fingerprint density at radius 2 is 1.47 bits per heavy atom. The van der Waals surface area contributed by atoms with Crippen LogP contribution in [-0.2, 0) is 0 Å². The second-order valence-electron chi connectivity index (χ2n) is 4.07. The number of nitrogens with zero attached hydrogens (tertiary/aromatic N) is 1. The summed E-state index contributed by atoms with van der Waals surface area (Å²) in [4.78, 5) is 1.80. The molecule has 1 rings (SSSR count). The first kappa shape index (κ1) is 12.9. The van der Waals surface area contributed by atoms with Gasteiger partial charge in [0.2, 0.25) is 0 Å². The van der Waals surface area contributed by atoms with Gasteiger partial charge in [0.25, 0.3) is 0 Å². The molecule has 4 atom stereocenters. The van der Waals surface area contributed by atoms with Crippen LogP contribution in [0.2, 0.25) is 0 Å². The Balaban J connectivity index is 2.68. The van der Waals surface area contributed by atoms with Gasteiger partial charge < -0.3 is 20.4 Å². The summed E-state index contributed by atoms with van der Waals surface area (Å²) in [5.41, 5.74) is 0. The molecule has 0 aromatic carbocycles. The molecule has 4 N–H and O–H groups in total. The zero-order chi connectivity index (χ0) is 11.4. The summed E-state index contributed by atoms with van der Waals surface area (Å²) in [6.07, 6.45) is -0.0150. The number of aliphatic hydroxyl groups excluding tert-OH is 4. The molecule has 0 unspecified atom stereocenters. The van der Waals surface area contributed by atoms with Crippen molar-refractivity contribution in [2.75, 3.05) is 19.8 Å². The minimum atomic E-state index is -0.969. The maximum Gasteiger partial charge on any atom is 0.0992 e. The molecule has 0 saturated carbocycles. The Kier molecular flexibility index (Phi) is 4.95. The van der Waals surface area contributed by atoms with Crippen LogP contribution >= 0.6 is 0 Å². The Hall–Kier alpha value is -0.200. The van der Waals surface area contributed by atoms with Gasteiger partial charge in [0.1, 0.15) is 0 Å². The summed E-state index contributed by atoms with van der Waals surface area (Å²) in [7, 11) is 0. The van der Waals surface area contributed by atoms with Crippen molar-refractivity contribution in [1.82, 2.24) is 4.90 Å². The van der Waals surface area contributed by atoms with E-state index < -0.39 is 24.3 Å². The fraction of sp³-hybridized carbons (Fsp3) is 1.00. The van der Waals surface area contributed by atoms with Crippen LogP contribution in [0.15, 0.2) is 0 Å². The van der Waals surface area contributed by atoms with Gasteiger partial charge in [-0.2, -0.15) is 0 Å². The van der Waals surface area contributed by atoms with Gasteiger partial charge in [-0.25, -0.2) is 0 Å². The van der Waals surface area contributed by atoms with Crippen molar-refractivity contribution in [3.05, 3.63) is 0 Å². The Bertz CT molecular complexity index is 174. The third-order valence-electron chi connectivity index (χ3n) is 3.13. The van der Waals surface area contributed by atoms with Crippen LogP contribution < -0.4 is 0 Å². The lowest BCUT2D eigenvalue weighted by Gasteiger charge is -2.28. The molecule has 0 spiro atoms. The lowest BCUT2D eigenvalue weighted by atomic mass is 10.1. The minimum Gasteiger partial charge on any atom is -0.395 e. The van der Waals surface area contributed by atoms with E-state index >= 15 is 0 Å². The smallest absolute Gasteiger partial charge is 0.0992 e. The van der Waals surface area contributed by atoms with Crippen molar-refractivity contribution in [2.45, 2.75) is 44.1 Å². The summed E-state index contributed by atoms with van der Waals surface area (Å²) in [6, 6.07) is -0.910. The van der Waals surface area contributed by atoms with Crippen LogP contribution in [0.3, 0.4) is 0 Å². The van der Waals surface area contributed by atoms with E-state index in [4.69, 9.17) is 10.2 Å². The maximum atomic E-state index is 9.67. The van der Waals surface area contributed by atoms with E-state index in [-0.39, 0.29) is 13.2 Å². The lowest BCUT2D eigenvalue weighted by Crippen LogP contribution is -2.43. The van der Waals surface area contributed by atoms with Gasteiger partial charge in [-0.05, 0) is 13.0 Å². The SMILES string of the molecule is CCCCN1[C@H](CO)[C@@H](O)[C@H](O)[C@@H]1CO. The first-order valence-electron chi connectivity index (χ1n) is 5.51. The van der Waals surface area contributed by atoms with Gasteiger partial charge in [-0.15, -0.1) is 0 Å². The Morgan fingerprint density at radius 1 is 1.00 bits per heavy atom. The van der Waals surface area contributed by atoms with E-state index in [2.05, 4.69) is 0 Å². The van der Waals surface area contributed by atoms with Crippen LogP contribution in [0.4, 0.5) is 0 Å². The van der Waals surface area contributed by atoms with Gasteiger partial charge in [0, 0.05) is 0 Å². The van der Waals surface area contributed by atoms with E-state index in [0.29, 0.717) is 6.54 Å². The minimum absolute atomic E-state index is 0.196.